The summed E-state index contributed by atoms with van der Waals surface area (Å²) in [6.07, 6.45) is 0. The van der Waals surface area contributed by atoms with E-state index in [1.165, 1.54) is 20.1 Å². The summed E-state index contributed by atoms with van der Waals surface area (Å²) < 4.78 is 32.1. The number of benzene rings is 3. The second-order valence-electron chi connectivity index (χ2n) is 6.65. The van der Waals surface area contributed by atoms with E-state index in [2.05, 4.69) is 0 Å². The first kappa shape index (κ1) is 18.8. The molecule has 0 aromatic heterocycles. The van der Waals surface area contributed by atoms with E-state index in [4.69, 9.17) is 4.74 Å². The predicted molar refractivity (Wildman–Crippen MR) is 108 cm³/mol. The van der Waals surface area contributed by atoms with Crippen LogP contribution in [-0.2, 0) is 20.7 Å². The summed E-state index contributed by atoms with van der Waals surface area (Å²) in [7, 11) is -2.84. The number of Topliss-reactive ketones (excluding diaryl/α,β-unsaturated/α-hetero) is 1. The lowest BCUT2D eigenvalue weighted by atomic mass is 10.1. The lowest BCUT2D eigenvalue weighted by Gasteiger charge is -2.20. The Morgan fingerprint density at radius 2 is 1.50 bits per heavy atom. The van der Waals surface area contributed by atoms with E-state index >= 15 is 0 Å². The minimum atomic E-state index is -3.76. The number of hydrogen-bond acceptors (Lipinski definition) is 4. The molecule has 4 rings (SSSR count). The summed E-state index contributed by atoms with van der Waals surface area (Å²) in [4.78, 5) is 14.8. The molecule has 0 bridgehead atoms. The van der Waals surface area contributed by atoms with Gasteiger partial charge in [-0.1, -0.05) is 17.7 Å². The molecule has 0 N–H and O–H groups in total. The number of carbonyl (C=O) groups is 1. The second kappa shape index (κ2) is 6.79. The summed E-state index contributed by atoms with van der Waals surface area (Å²) in [6, 6.07) is 18.3. The number of hydrogen-bond donors (Lipinski definition) is 0. The van der Waals surface area contributed by atoms with Crippen molar-refractivity contribution in [3.63, 3.8) is 0 Å². The number of methoxy groups -OCH3 is 1. The third kappa shape index (κ3) is 2.93. The van der Waals surface area contributed by atoms with Crippen LogP contribution < -0.4 is 4.74 Å². The third-order valence-corrected chi connectivity index (χ3v) is 9.20. The molecule has 4 nitrogen and oxygen atoms in total. The molecule has 1 aliphatic heterocycles. The maximum absolute atomic E-state index is 13.4. The van der Waals surface area contributed by atoms with Crippen molar-refractivity contribution in [2.75, 3.05) is 7.11 Å². The van der Waals surface area contributed by atoms with Crippen LogP contribution in [0, 0.1) is 6.92 Å². The van der Waals surface area contributed by atoms with Crippen LogP contribution in [0.15, 0.2) is 85.1 Å². The molecule has 0 amide bonds. The van der Waals surface area contributed by atoms with Crippen LogP contribution in [-0.4, -0.2) is 21.3 Å². The number of fused-ring (bicyclic) bond motifs is 2. The lowest BCUT2D eigenvalue weighted by Crippen LogP contribution is -2.21. The highest BCUT2D eigenvalue weighted by molar-refractivity contribution is 8.00. The minimum Gasteiger partial charge on any atom is -0.497 e. The second-order valence-corrected chi connectivity index (χ2v) is 10.5. The van der Waals surface area contributed by atoms with Crippen LogP contribution in [0.1, 0.15) is 22.8 Å². The molecule has 0 saturated carbocycles. The number of sulfone groups is 1. The zero-order valence-electron chi connectivity index (χ0n) is 15.7. The van der Waals surface area contributed by atoms with Gasteiger partial charge in [0, 0.05) is 11.6 Å². The Hall–Kier alpha value is -2.57. The van der Waals surface area contributed by atoms with Gasteiger partial charge in [0.2, 0.25) is 9.84 Å². The number of ether oxygens (including phenoxy) is 1. The molecule has 0 radical (unpaired) electrons. The van der Waals surface area contributed by atoms with Crippen molar-refractivity contribution in [3.8, 4) is 5.75 Å². The van der Waals surface area contributed by atoms with Gasteiger partial charge in [-0.2, -0.15) is 0 Å². The molecule has 1 atom stereocenters. The molecule has 28 heavy (non-hydrogen) atoms. The van der Waals surface area contributed by atoms with E-state index in [1.807, 2.05) is 37.3 Å². The molecule has 1 unspecified atom stereocenters. The fourth-order valence-corrected chi connectivity index (χ4v) is 7.96. The lowest BCUT2D eigenvalue weighted by molar-refractivity contribution is 0.101. The van der Waals surface area contributed by atoms with Crippen molar-refractivity contribution in [3.05, 3.63) is 71.8 Å². The van der Waals surface area contributed by atoms with Crippen molar-refractivity contribution < 1.29 is 17.9 Å². The van der Waals surface area contributed by atoms with Gasteiger partial charge in [0.25, 0.3) is 0 Å². The van der Waals surface area contributed by atoms with Crippen LogP contribution in [0.25, 0.3) is 0 Å². The van der Waals surface area contributed by atoms with Gasteiger partial charge < -0.3 is 4.74 Å². The topological polar surface area (TPSA) is 60.4 Å². The van der Waals surface area contributed by atoms with Crippen LogP contribution >= 0.6 is 0 Å². The summed E-state index contributed by atoms with van der Waals surface area (Å²) >= 11 is 0. The van der Waals surface area contributed by atoms with Gasteiger partial charge in [-0.15, -0.1) is 0 Å². The monoisotopic (exact) mass is 411 g/mol. The first-order valence-corrected chi connectivity index (χ1v) is 11.4. The first-order chi connectivity index (χ1) is 13.3. The quantitative estimate of drug-likeness (QED) is 0.369. The highest BCUT2D eigenvalue weighted by Crippen LogP contribution is 2.46. The molecule has 1 aliphatic rings. The maximum Gasteiger partial charge on any atom is 0.216 e. The molecule has 3 aromatic carbocycles. The molecule has 0 saturated heterocycles. The highest BCUT2D eigenvalue weighted by atomic mass is 32.2. The molecular formula is C22H19O4S2+. The standard InChI is InChI=1S/C22H19O4S2/c1-14-4-8-18(9-5-14)27-19-10-6-16(15(2)23)12-21(19)28(24,25)22-13-17(26-3)7-11-20(22)27/h4-13H,1-3H3/q+1. The Morgan fingerprint density at radius 1 is 0.893 bits per heavy atom. The van der Waals surface area contributed by atoms with E-state index in [9.17, 15) is 13.2 Å². The zero-order valence-corrected chi connectivity index (χ0v) is 17.4. The fourth-order valence-electron chi connectivity index (χ4n) is 3.26. The summed E-state index contributed by atoms with van der Waals surface area (Å²) in [5.41, 5.74) is 1.53. The Labute approximate surface area is 167 Å². The van der Waals surface area contributed by atoms with Crippen LogP contribution in [0.3, 0.4) is 0 Å². The van der Waals surface area contributed by atoms with Gasteiger partial charge in [-0.3, -0.25) is 4.79 Å². The van der Waals surface area contributed by atoms with Crippen LogP contribution in [0.4, 0.5) is 0 Å². The van der Waals surface area contributed by atoms with Crippen LogP contribution in [0.5, 0.6) is 5.75 Å². The Bertz CT molecular complexity index is 1200. The molecule has 0 fully saturated rings. The molecule has 0 spiro atoms. The van der Waals surface area contributed by atoms with E-state index in [-0.39, 0.29) is 15.6 Å². The van der Waals surface area contributed by atoms with Crippen molar-refractivity contribution >= 4 is 26.5 Å². The summed E-state index contributed by atoms with van der Waals surface area (Å²) in [5.74, 6) is 0.325. The first-order valence-electron chi connectivity index (χ1n) is 8.72. The molecule has 6 heteroatoms. The van der Waals surface area contributed by atoms with Crippen molar-refractivity contribution in [1.82, 2.24) is 0 Å². The number of carbonyl (C=O) groups excluding carboxylic acids is 1. The average molecular weight is 412 g/mol. The zero-order chi connectivity index (χ0) is 20.1. The molecule has 142 valence electrons. The normalized spacial score (nSPS) is 16.8. The van der Waals surface area contributed by atoms with Crippen molar-refractivity contribution in [2.24, 2.45) is 0 Å². The number of ketones is 1. The van der Waals surface area contributed by atoms with E-state index in [0.717, 1.165) is 15.4 Å². The summed E-state index contributed by atoms with van der Waals surface area (Å²) in [6.45, 7) is 3.46. The minimum absolute atomic E-state index is 0.162. The Balaban J connectivity index is 2.06. The third-order valence-electron chi connectivity index (χ3n) is 4.78. The van der Waals surface area contributed by atoms with Crippen molar-refractivity contribution in [2.45, 2.75) is 38.3 Å². The molecular weight excluding hydrogens is 392 g/mol. The SMILES string of the molecule is COc1ccc2c(c1)S(=O)(=O)c1cc(C(C)=O)ccc1[S+]2c1ccc(C)cc1. The smallest absolute Gasteiger partial charge is 0.216 e. The summed E-state index contributed by atoms with van der Waals surface area (Å²) in [5, 5.41) is 0. The van der Waals surface area contributed by atoms with Gasteiger partial charge in [-0.25, -0.2) is 8.42 Å². The van der Waals surface area contributed by atoms with Crippen LogP contribution in [0.2, 0.25) is 0 Å². The van der Waals surface area contributed by atoms with Gasteiger partial charge >= 0.3 is 0 Å². The maximum atomic E-state index is 13.4. The molecule has 1 heterocycles. The van der Waals surface area contributed by atoms with Gasteiger partial charge in [0.05, 0.1) is 7.11 Å². The van der Waals surface area contributed by atoms with Crippen molar-refractivity contribution in [1.29, 1.82) is 0 Å². The number of rotatable bonds is 3. The predicted octanol–water partition coefficient (Wildman–Crippen LogP) is 4.45. The number of aryl methyl sites for hydroxylation is 1. The van der Waals surface area contributed by atoms with E-state index in [0.29, 0.717) is 16.2 Å². The van der Waals surface area contributed by atoms with E-state index in [1.54, 1.807) is 24.3 Å². The van der Waals surface area contributed by atoms with Gasteiger partial charge in [0.1, 0.15) is 26.4 Å². The largest absolute Gasteiger partial charge is 0.497 e. The average Bonchev–Trinajstić information content (AvgIpc) is 2.69. The Kier molecular flexibility index (Phi) is 4.56. The fraction of sp³-hybridized carbons (Fsp3) is 0.136. The molecule has 3 aromatic rings. The van der Waals surface area contributed by atoms with Gasteiger partial charge in [-0.05, 0) is 56.3 Å². The van der Waals surface area contributed by atoms with E-state index < -0.39 is 20.7 Å². The molecule has 0 aliphatic carbocycles. The Morgan fingerprint density at radius 3 is 2.11 bits per heavy atom. The van der Waals surface area contributed by atoms with Gasteiger partial charge in [0.15, 0.2) is 20.5 Å². The highest BCUT2D eigenvalue weighted by Gasteiger charge is 2.45.